The van der Waals surface area contributed by atoms with Gasteiger partial charge in [0, 0.05) is 12.5 Å². The van der Waals surface area contributed by atoms with Gasteiger partial charge < -0.3 is 10.4 Å². The van der Waals surface area contributed by atoms with Gasteiger partial charge in [-0.2, -0.15) is 0 Å². The molecule has 0 aromatic heterocycles. The molecule has 6 nitrogen and oxygen atoms in total. The number of amides is 1. The van der Waals surface area contributed by atoms with Crippen LogP contribution in [0, 0.1) is 5.92 Å². The lowest BCUT2D eigenvalue weighted by Gasteiger charge is -2.24. The Kier molecular flexibility index (Phi) is 4.97. The van der Waals surface area contributed by atoms with Crippen molar-refractivity contribution in [3.8, 4) is 0 Å². The summed E-state index contributed by atoms with van der Waals surface area (Å²) in [6.07, 6.45) is 2.47. The van der Waals surface area contributed by atoms with Crippen molar-refractivity contribution in [2.24, 2.45) is 11.1 Å². The molecule has 1 saturated carbocycles. The first-order chi connectivity index (χ1) is 9.86. The molecular weight excluding hydrogens is 292 g/mol. The largest absolute Gasteiger partial charge is 0.393 e. The second-order valence-electron chi connectivity index (χ2n) is 5.41. The summed E-state index contributed by atoms with van der Waals surface area (Å²) in [5.41, 5.74) is 0.812. The first-order valence-electron chi connectivity index (χ1n) is 6.94. The Hall–Kier alpha value is -1.44. The molecule has 1 fully saturated rings. The molecule has 0 unspecified atom stereocenters. The Bertz CT molecular complexity index is 590. The van der Waals surface area contributed by atoms with E-state index in [9.17, 15) is 18.3 Å². The van der Waals surface area contributed by atoms with Gasteiger partial charge in [-0.3, -0.25) is 4.79 Å². The van der Waals surface area contributed by atoms with Gasteiger partial charge in [0.2, 0.25) is 15.9 Å². The fourth-order valence-electron chi connectivity index (χ4n) is 2.47. The number of nitrogens with two attached hydrogens (primary N) is 1. The number of benzene rings is 1. The number of hydrogen-bond acceptors (Lipinski definition) is 4. The molecule has 0 saturated heterocycles. The van der Waals surface area contributed by atoms with Crippen molar-refractivity contribution in [1.82, 2.24) is 5.32 Å². The minimum atomic E-state index is -3.68. The van der Waals surface area contributed by atoms with Gasteiger partial charge in [-0.05, 0) is 43.4 Å². The maximum absolute atomic E-state index is 12.0. The fraction of sp³-hybridized carbons (Fsp3) is 0.500. The van der Waals surface area contributed by atoms with Crippen LogP contribution in [0.2, 0.25) is 0 Å². The molecule has 0 aliphatic heterocycles. The van der Waals surface area contributed by atoms with Gasteiger partial charge >= 0.3 is 0 Å². The third-order valence-electron chi connectivity index (χ3n) is 3.79. The highest BCUT2D eigenvalue weighted by atomic mass is 32.2. The molecule has 2 rings (SSSR count). The normalized spacial score (nSPS) is 22.8. The average Bonchev–Trinajstić information content (AvgIpc) is 2.45. The number of sulfonamides is 1. The number of carbonyl (C=O) groups excluding carboxylic acids is 1. The van der Waals surface area contributed by atoms with Crippen LogP contribution in [0.1, 0.15) is 31.2 Å². The predicted octanol–water partition coefficient (Wildman–Crippen LogP) is 0.501. The summed E-state index contributed by atoms with van der Waals surface area (Å²) in [5.74, 6) is -0.0606. The van der Waals surface area contributed by atoms with Gasteiger partial charge in [0.15, 0.2) is 0 Å². The summed E-state index contributed by atoms with van der Waals surface area (Å²) < 4.78 is 22.3. The van der Waals surface area contributed by atoms with E-state index in [2.05, 4.69) is 5.32 Å². The third-order valence-corrected chi connectivity index (χ3v) is 4.72. The van der Waals surface area contributed by atoms with E-state index >= 15 is 0 Å². The second kappa shape index (κ2) is 6.55. The molecule has 1 aliphatic rings. The first-order valence-corrected chi connectivity index (χ1v) is 8.48. The van der Waals surface area contributed by atoms with Crippen LogP contribution >= 0.6 is 0 Å². The lowest BCUT2D eigenvalue weighted by molar-refractivity contribution is -0.126. The first kappa shape index (κ1) is 15.9. The van der Waals surface area contributed by atoms with Crippen LogP contribution in [-0.4, -0.2) is 25.5 Å². The predicted molar refractivity (Wildman–Crippen MR) is 77.6 cm³/mol. The second-order valence-corrected chi connectivity index (χ2v) is 6.97. The molecular formula is C14H20N2O4S. The van der Waals surface area contributed by atoms with Crippen LogP contribution in [0.15, 0.2) is 29.2 Å². The average molecular weight is 312 g/mol. The minimum Gasteiger partial charge on any atom is -0.393 e. The van der Waals surface area contributed by atoms with Crippen molar-refractivity contribution in [2.75, 3.05) is 0 Å². The van der Waals surface area contributed by atoms with E-state index in [1.54, 1.807) is 12.1 Å². The highest BCUT2D eigenvalue weighted by Crippen LogP contribution is 2.24. The monoisotopic (exact) mass is 312 g/mol. The van der Waals surface area contributed by atoms with E-state index in [4.69, 9.17) is 5.14 Å². The molecule has 0 atom stereocenters. The van der Waals surface area contributed by atoms with Crippen molar-refractivity contribution in [2.45, 2.75) is 43.2 Å². The van der Waals surface area contributed by atoms with E-state index in [1.165, 1.54) is 12.1 Å². The van der Waals surface area contributed by atoms with Gasteiger partial charge in [-0.1, -0.05) is 12.1 Å². The number of aliphatic hydroxyl groups excluding tert-OH is 1. The maximum Gasteiger partial charge on any atom is 0.238 e. The van der Waals surface area contributed by atoms with Gasteiger partial charge in [0.1, 0.15) is 0 Å². The Balaban J connectivity index is 1.87. The highest BCUT2D eigenvalue weighted by molar-refractivity contribution is 7.89. The maximum atomic E-state index is 12.0. The van der Waals surface area contributed by atoms with Gasteiger partial charge in [-0.25, -0.2) is 13.6 Å². The highest BCUT2D eigenvalue weighted by Gasteiger charge is 2.24. The van der Waals surface area contributed by atoms with Crippen LogP contribution in [0.4, 0.5) is 0 Å². The van der Waals surface area contributed by atoms with E-state index < -0.39 is 10.0 Å². The smallest absolute Gasteiger partial charge is 0.238 e. The van der Waals surface area contributed by atoms with Crippen LogP contribution in [0.3, 0.4) is 0 Å². The van der Waals surface area contributed by atoms with E-state index in [1.807, 2.05) is 0 Å². The SMILES string of the molecule is NS(=O)(=O)c1ccc(CNC(=O)C2CCC(O)CC2)cc1. The number of nitrogens with one attached hydrogen (secondary N) is 1. The Morgan fingerprint density at radius 1 is 1.19 bits per heavy atom. The number of hydrogen-bond donors (Lipinski definition) is 3. The van der Waals surface area contributed by atoms with Crippen molar-refractivity contribution < 1.29 is 18.3 Å². The molecule has 0 spiro atoms. The summed E-state index contributed by atoms with van der Waals surface area (Å²) in [4.78, 5) is 12.1. The van der Waals surface area contributed by atoms with Crippen molar-refractivity contribution in [3.63, 3.8) is 0 Å². The molecule has 1 amide bonds. The molecule has 1 aromatic carbocycles. The zero-order chi connectivity index (χ0) is 15.5. The number of carbonyl (C=O) groups is 1. The Morgan fingerprint density at radius 2 is 1.76 bits per heavy atom. The number of rotatable bonds is 4. The summed E-state index contributed by atoms with van der Waals surface area (Å²) in [5, 5.41) is 17.3. The minimum absolute atomic E-state index is 0.0163. The van der Waals surface area contributed by atoms with Crippen molar-refractivity contribution >= 4 is 15.9 Å². The van der Waals surface area contributed by atoms with Crippen molar-refractivity contribution in [3.05, 3.63) is 29.8 Å². The molecule has 0 radical (unpaired) electrons. The molecule has 4 N–H and O–H groups in total. The van der Waals surface area contributed by atoms with Gasteiger partial charge in [0.25, 0.3) is 0 Å². The zero-order valence-corrected chi connectivity index (χ0v) is 12.5. The Morgan fingerprint density at radius 3 is 2.29 bits per heavy atom. The van der Waals surface area contributed by atoms with Crippen molar-refractivity contribution in [1.29, 1.82) is 0 Å². The van der Waals surface area contributed by atoms with Crippen LogP contribution in [-0.2, 0) is 21.4 Å². The van der Waals surface area contributed by atoms with Crippen LogP contribution in [0.25, 0.3) is 0 Å². The standard InChI is InChI=1S/C14H20N2O4S/c15-21(19,20)13-7-1-10(2-8-13)9-16-14(18)11-3-5-12(17)6-4-11/h1-2,7-8,11-12,17H,3-6,9H2,(H,16,18)(H2,15,19,20). The topological polar surface area (TPSA) is 109 Å². The summed E-state index contributed by atoms with van der Waals surface area (Å²) in [6.45, 7) is 0.350. The molecule has 116 valence electrons. The molecule has 1 aliphatic carbocycles. The quantitative estimate of drug-likeness (QED) is 0.752. The molecule has 1 aromatic rings. The molecule has 0 heterocycles. The van der Waals surface area contributed by atoms with E-state index in [0.29, 0.717) is 32.2 Å². The molecule has 0 bridgehead atoms. The lowest BCUT2D eigenvalue weighted by atomic mass is 9.87. The zero-order valence-electron chi connectivity index (χ0n) is 11.7. The van der Waals surface area contributed by atoms with Crippen LogP contribution < -0.4 is 10.5 Å². The third kappa shape index (κ3) is 4.52. The number of primary sulfonamides is 1. The molecule has 21 heavy (non-hydrogen) atoms. The molecule has 7 heteroatoms. The summed E-state index contributed by atoms with van der Waals surface area (Å²) in [6, 6.07) is 6.11. The fourth-order valence-corrected chi connectivity index (χ4v) is 2.98. The lowest BCUT2D eigenvalue weighted by Crippen LogP contribution is -2.33. The van der Waals surface area contributed by atoms with Gasteiger partial charge in [-0.15, -0.1) is 0 Å². The summed E-state index contributed by atoms with van der Waals surface area (Å²) in [7, 11) is -3.68. The van der Waals surface area contributed by atoms with E-state index in [0.717, 1.165) is 5.56 Å². The Labute approximate surface area is 124 Å². The summed E-state index contributed by atoms with van der Waals surface area (Å²) >= 11 is 0. The van der Waals surface area contributed by atoms with E-state index in [-0.39, 0.29) is 22.8 Å². The van der Waals surface area contributed by atoms with Crippen LogP contribution in [0.5, 0.6) is 0 Å². The van der Waals surface area contributed by atoms with Gasteiger partial charge in [0.05, 0.1) is 11.0 Å². The number of aliphatic hydroxyl groups is 1.